The Morgan fingerprint density at radius 2 is 1.57 bits per heavy atom. The van der Waals surface area contributed by atoms with Crippen LogP contribution in [-0.2, 0) is 9.22 Å². The number of imide groups is 1. The van der Waals surface area contributed by atoms with Gasteiger partial charge in [-0.05, 0) is 48.0 Å². The maximum atomic E-state index is 13.1. The third-order valence-corrected chi connectivity index (χ3v) is 11.0. The molecule has 1 heterocycles. The molecule has 0 unspecified atom stereocenters. The lowest BCUT2D eigenvalue weighted by Crippen LogP contribution is -2.64. The van der Waals surface area contributed by atoms with E-state index in [9.17, 15) is 9.59 Å². The van der Waals surface area contributed by atoms with Gasteiger partial charge in [0.25, 0.3) is 11.8 Å². The van der Waals surface area contributed by atoms with Crippen molar-refractivity contribution >= 4 is 36.1 Å². The first-order chi connectivity index (χ1) is 13.5. The number of hydrogen-bond acceptors (Lipinski definition) is 3. The summed E-state index contributed by atoms with van der Waals surface area (Å²) < 4.78 is 7.49. The first-order valence-electron chi connectivity index (χ1n) is 9.82. The van der Waals surface area contributed by atoms with Crippen molar-refractivity contribution < 1.29 is 14.0 Å². The normalized spacial score (nSPS) is 19.4. The lowest BCUT2D eigenvalue weighted by Gasteiger charge is -2.48. The Balaban J connectivity index is 1.95. The molecule has 3 rings (SSSR count). The minimum absolute atomic E-state index is 0.228. The van der Waals surface area contributed by atoms with Gasteiger partial charge in [0.2, 0.25) is 0 Å². The molecular weight excluding hydrogens is 434 g/mol. The second kappa shape index (κ2) is 8.72. The Morgan fingerprint density at radius 1 is 1.00 bits per heavy atom. The van der Waals surface area contributed by atoms with Gasteiger partial charge in [-0.1, -0.05) is 67.0 Å². The number of carbonyl (C=O) groups is 2. The van der Waals surface area contributed by atoms with Gasteiger partial charge in [-0.15, -0.1) is 0 Å². The summed E-state index contributed by atoms with van der Waals surface area (Å²) in [5, 5.41) is 0. The molecule has 0 N–H and O–H groups in total. The third kappa shape index (κ3) is 3.86. The number of amides is 2. The minimum Gasteiger partial charge on any atom is -0.403 e. The average molecular weight is 460 g/mol. The summed E-state index contributed by atoms with van der Waals surface area (Å²) in [6, 6.07) is 19.2. The van der Waals surface area contributed by atoms with Gasteiger partial charge in [0.1, 0.15) is 0 Å². The molecule has 0 aliphatic carbocycles. The highest BCUT2D eigenvalue weighted by molar-refractivity contribution is 9.10. The standard InChI is InChI=1S/C22H26BrNO3Si/c1-4-28(5-2,6-3)27-20-19(16-12-14-18(23)15-13-16)24(22(20)26)21(25)17-10-8-7-9-11-17/h7-15,19-20H,4-6H2,1-3H3/t19-,20+/m1/s1. The summed E-state index contributed by atoms with van der Waals surface area (Å²) in [6.45, 7) is 6.43. The Bertz CT molecular complexity index is 828. The largest absolute Gasteiger partial charge is 0.403 e. The van der Waals surface area contributed by atoms with E-state index in [2.05, 4.69) is 36.7 Å². The van der Waals surface area contributed by atoms with Gasteiger partial charge in [0.15, 0.2) is 14.4 Å². The van der Waals surface area contributed by atoms with Gasteiger partial charge in [-0.3, -0.25) is 14.5 Å². The van der Waals surface area contributed by atoms with Crippen molar-refractivity contribution in [2.75, 3.05) is 0 Å². The quantitative estimate of drug-likeness (QED) is 0.309. The zero-order chi connectivity index (χ0) is 20.3. The van der Waals surface area contributed by atoms with E-state index < -0.39 is 14.4 Å². The van der Waals surface area contributed by atoms with Crippen LogP contribution < -0.4 is 0 Å². The van der Waals surface area contributed by atoms with Crippen LogP contribution in [0.25, 0.3) is 0 Å². The molecule has 1 saturated heterocycles. The van der Waals surface area contributed by atoms with Gasteiger partial charge in [0, 0.05) is 10.0 Å². The fourth-order valence-electron chi connectivity index (χ4n) is 3.78. The number of hydrogen-bond donors (Lipinski definition) is 0. The first kappa shape index (κ1) is 21.0. The number of β-lactam (4-membered cyclic amide) rings is 1. The summed E-state index contributed by atoms with van der Waals surface area (Å²) in [6.07, 6.45) is -0.583. The molecule has 1 aliphatic rings. The molecule has 0 aromatic heterocycles. The Kier molecular flexibility index (Phi) is 6.53. The van der Waals surface area contributed by atoms with E-state index in [1.807, 2.05) is 42.5 Å². The van der Waals surface area contributed by atoms with E-state index in [0.717, 1.165) is 28.2 Å². The average Bonchev–Trinajstić information content (AvgIpc) is 2.74. The van der Waals surface area contributed by atoms with Crippen LogP contribution in [0, 0.1) is 0 Å². The molecule has 1 fully saturated rings. The second-order valence-electron chi connectivity index (χ2n) is 7.16. The van der Waals surface area contributed by atoms with Crippen LogP contribution in [-0.4, -0.2) is 31.1 Å². The predicted molar refractivity (Wildman–Crippen MR) is 117 cm³/mol. The smallest absolute Gasteiger partial charge is 0.261 e. The Hall–Kier alpha value is -1.76. The molecule has 0 radical (unpaired) electrons. The highest BCUT2D eigenvalue weighted by atomic mass is 79.9. The molecule has 2 aromatic rings. The molecule has 6 heteroatoms. The highest BCUT2D eigenvalue weighted by Gasteiger charge is 2.54. The van der Waals surface area contributed by atoms with Crippen LogP contribution in [0.2, 0.25) is 18.1 Å². The van der Waals surface area contributed by atoms with Crippen molar-refractivity contribution in [3.8, 4) is 0 Å². The molecule has 0 bridgehead atoms. The molecule has 0 saturated carbocycles. The number of halogens is 1. The lowest BCUT2D eigenvalue weighted by molar-refractivity contribution is -0.158. The fraction of sp³-hybridized carbons (Fsp3) is 0.364. The van der Waals surface area contributed by atoms with Crippen molar-refractivity contribution in [1.29, 1.82) is 0 Å². The van der Waals surface area contributed by atoms with Gasteiger partial charge in [-0.25, -0.2) is 0 Å². The maximum absolute atomic E-state index is 13.1. The summed E-state index contributed by atoms with van der Waals surface area (Å²) in [7, 11) is -1.99. The van der Waals surface area contributed by atoms with Crippen LogP contribution in [0.5, 0.6) is 0 Å². The van der Waals surface area contributed by atoms with Crippen LogP contribution in [0.3, 0.4) is 0 Å². The first-order valence-corrected chi connectivity index (χ1v) is 13.1. The Morgan fingerprint density at radius 3 is 2.11 bits per heavy atom. The summed E-state index contributed by atoms with van der Waals surface area (Å²) in [5.41, 5.74) is 1.43. The van der Waals surface area contributed by atoms with E-state index in [-0.39, 0.29) is 17.9 Å². The van der Waals surface area contributed by atoms with Gasteiger partial charge in [0.05, 0.1) is 6.04 Å². The highest BCUT2D eigenvalue weighted by Crippen LogP contribution is 2.41. The van der Waals surface area contributed by atoms with Gasteiger partial charge >= 0.3 is 0 Å². The lowest BCUT2D eigenvalue weighted by atomic mass is 9.90. The zero-order valence-corrected chi connectivity index (χ0v) is 19.1. The molecule has 2 amide bonds. The van der Waals surface area contributed by atoms with E-state index in [0.29, 0.717) is 5.56 Å². The SMILES string of the molecule is CC[Si](CC)(CC)O[C@@H]1C(=O)N(C(=O)c2ccccc2)[C@@H]1c1ccc(Br)cc1. The number of benzene rings is 2. The van der Waals surface area contributed by atoms with Crippen molar-refractivity contribution in [2.45, 2.75) is 51.0 Å². The van der Waals surface area contributed by atoms with E-state index in [1.54, 1.807) is 12.1 Å². The number of likely N-dealkylation sites (tertiary alicyclic amines) is 1. The molecule has 0 spiro atoms. The minimum atomic E-state index is -1.99. The topological polar surface area (TPSA) is 46.6 Å². The fourth-order valence-corrected chi connectivity index (χ4v) is 6.81. The van der Waals surface area contributed by atoms with Crippen LogP contribution >= 0.6 is 15.9 Å². The zero-order valence-electron chi connectivity index (χ0n) is 16.5. The summed E-state index contributed by atoms with van der Waals surface area (Å²) >= 11 is 3.45. The van der Waals surface area contributed by atoms with E-state index in [4.69, 9.17) is 4.43 Å². The van der Waals surface area contributed by atoms with E-state index in [1.165, 1.54) is 4.90 Å². The van der Waals surface area contributed by atoms with Crippen molar-refractivity contribution in [1.82, 2.24) is 4.90 Å². The maximum Gasteiger partial charge on any atom is 0.261 e. The molecular formula is C22H26BrNO3Si. The number of carbonyl (C=O) groups excluding carboxylic acids is 2. The molecule has 4 nitrogen and oxygen atoms in total. The second-order valence-corrected chi connectivity index (χ2v) is 12.8. The van der Waals surface area contributed by atoms with Crippen LogP contribution in [0.1, 0.15) is 42.7 Å². The van der Waals surface area contributed by atoms with Crippen LogP contribution in [0.15, 0.2) is 59.1 Å². The summed E-state index contributed by atoms with van der Waals surface area (Å²) in [5.74, 6) is -0.496. The monoisotopic (exact) mass is 459 g/mol. The van der Waals surface area contributed by atoms with Gasteiger partial charge in [-0.2, -0.15) is 0 Å². The molecule has 2 aromatic carbocycles. The molecule has 148 valence electrons. The predicted octanol–water partition coefficient (Wildman–Crippen LogP) is 5.56. The van der Waals surface area contributed by atoms with Gasteiger partial charge < -0.3 is 4.43 Å². The molecule has 28 heavy (non-hydrogen) atoms. The Labute approximate surface area is 176 Å². The van der Waals surface area contributed by atoms with Crippen LogP contribution in [0.4, 0.5) is 0 Å². The van der Waals surface area contributed by atoms with Crippen molar-refractivity contribution in [2.24, 2.45) is 0 Å². The third-order valence-electron chi connectivity index (χ3n) is 5.81. The molecule has 1 aliphatic heterocycles. The van der Waals surface area contributed by atoms with E-state index >= 15 is 0 Å². The number of rotatable bonds is 7. The molecule has 2 atom stereocenters. The van der Waals surface area contributed by atoms with Crippen molar-refractivity contribution in [3.05, 3.63) is 70.2 Å². The summed E-state index contributed by atoms with van der Waals surface area (Å²) in [4.78, 5) is 27.5. The number of nitrogens with zero attached hydrogens (tertiary/aromatic N) is 1. The van der Waals surface area contributed by atoms with Crippen molar-refractivity contribution in [3.63, 3.8) is 0 Å².